The number of hydrogen-bond acceptors (Lipinski definition) is 5. The lowest BCUT2D eigenvalue weighted by Crippen LogP contribution is -2.40. The minimum absolute atomic E-state index is 0.0333. The molecule has 0 bridgehead atoms. The maximum absolute atomic E-state index is 12.8. The number of alkyl halides is 3. The third kappa shape index (κ3) is 3.42. The number of likely N-dealkylation sites (tertiary alicyclic amines) is 1. The van der Waals surface area contributed by atoms with E-state index in [2.05, 4.69) is 15.0 Å². The maximum atomic E-state index is 12.8. The number of amides is 1. The molecule has 2 aromatic heterocycles. The number of carbonyl (C=O) groups excluding carboxylic acids is 1. The second kappa shape index (κ2) is 6.34. The van der Waals surface area contributed by atoms with Crippen molar-refractivity contribution in [3.8, 4) is 0 Å². The maximum Gasteiger partial charge on any atom is 0.434 e. The van der Waals surface area contributed by atoms with Gasteiger partial charge in [0.15, 0.2) is 17.2 Å². The minimum atomic E-state index is -4.49. The summed E-state index contributed by atoms with van der Waals surface area (Å²) in [6, 6.07) is 0. The van der Waals surface area contributed by atoms with Crippen molar-refractivity contribution in [2.45, 2.75) is 24.9 Å². The summed E-state index contributed by atoms with van der Waals surface area (Å²) in [7, 11) is 1.53. The van der Waals surface area contributed by atoms with E-state index in [1.165, 1.54) is 28.9 Å². The van der Waals surface area contributed by atoms with Crippen molar-refractivity contribution in [3.63, 3.8) is 0 Å². The number of imidazole rings is 1. The summed E-state index contributed by atoms with van der Waals surface area (Å²) in [6.07, 6.45) is 0.550. The lowest BCUT2D eigenvalue weighted by atomic mass is 9.97. The lowest BCUT2D eigenvalue weighted by molar-refractivity contribution is -0.141. The Bertz CT molecular complexity index is 788. The van der Waals surface area contributed by atoms with E-state index in [0.717, 1.165) is 6.20 Å². The van der Waals surface area contributed by atoms with Crippen LogP contribution in [0, 0.1) is 0 Å². The van der Waals surface area contributed by atoms with E-state index in [-0.39, 0.29) is 29.9 Å². The number of piperidine rings is 1. The monoisotopic (exact) mass is 354 g/mol. The predicted molar refractivity (Wildman–Crippen MR) is 82.5 cm³/mol. The molecule has 1 saturated heterocycles. The van der Waals surface area contributed by atoms with Gasteiger partial charge in [0.05, 0.1) is 0 Å². The normalized spacial score (nSPS) is 18.4. The molecule has 2 N–H and O–H groups in total. The molecule has 3 heterocycles. The molecular formula is C15H17F3N6O. The zero-order chi connectivity index (χ0) is 18.2. The molecule has 0 unspecified atom stereocenters. The lowest BCUT2D eigenvalue weighted by Gasteiger charge is -2.32. The molecule has 0 aromatic carbocycles. The first-order chi connectivity index (χ1) is 11.8. The Morgan fingerprint density at radius 3 is 2.68 bits per heavy atom. The average Bonchev–Trinajstić information content (AvgIpc) is 2.97. The number of carbonyl (C=O) groups is 1. The number of nitrogen functional groups attached to an aromatic ring is 1. The summed E-state index contributed by atoms with van der Waals surface area (Å²) < 4.78 is 39.9. The van der Waals surface area contributed by atoms with Crippen LogP contribution < -0.4 is 5.73 Å². The van der Waals surface area contributed by atoms with Crippen LogP contribution in [0.1, 0.15) is 40.8 Å². The molecule has 7 nitrogen and oxygen atoms in total. The number of aryl methyl sites for hydroxylation is 1. The zero-order valence-corrected chi connectivity index (χ0v) is 13.5. The van der Waals surface area contributed by atoms with Crippen LogP contribution in [-0.2, 0) is 13.2 Å². The van der Waals surface area contributed by atoms with Crippen LogP contribution in [-0.4, -0.2) is 43.4 Å². The van der Waals surface area contributed by atoms with Gasteiger partial charge in [0.2, 0.25) is 0 Å². The van der Waals surface area contributed by atoms with Crippen molar-refractivity contribution in [2.24, 2.45) is 7.05 Å². The van der Waals surface area contributed by atoms with E-state index >= 15 is 0 Å². The largest absolute Gasteiger partial charge is 0.434 e. The summed E-state index contributed by atoms with van der Waals surface area (Å²) in [4.78, 5) is 25.7. The number of halogens is 3. The van der Waals surface area contributed by atoms with Crippen LogP contribution in [0.4, 0.5) is 19.0 Å². The molecule has 0 spiro atoms. The van der Waals surface area contributed by atoms with E-state index in [0.29, 0.717) is 25.2 Å². The molecular weight excluding hydrogens is 337 g/mol. The van der Waals surface area contributed by atoms with Crippen LogP contribution in [0.5, 0.6) is 0 Å². The highest BCUT2D eigenvalue weighted by molar-refractivity contribution is 5.96. The number of aromatic nitrogens is 4. The Morgan fingerprint density at radius 2 is 2.04 bits per heavy atom. The molecule has 0 aliphatic carbocycles. The Morgan fingerprint density at radius 1 is 1.32 bits per heavy atom. The second-order valence-corrected chi connectivity index (χ2v) is 5.97. The first-order valence-electron chi connectivity index (χ1n) is 7.73. The number of hydrogen-bond donors (Lipinski definition) is 1. The van der Waals surface area contributed by atoms with Gasteiger partial charge in [0, 0.05) is 44.6 Å². The summed E-state index contributed by atoms with van der Waals surface area (Å²) >= 11 is 0. The zero-order valence-electron chi connectivity index (χ0n) is 13.5. The molecule has 25 heavy (non-hydrogen) atoms. The number of rotatable bonds is 2. The van der Waals surface area contributed by atoms with Crippen LogP contribution in [0.25, 0.3) is 0 Å². The summed E-state index contributed by atoms with van der Waals surface area (Å²) in [6.45, 7) is 0.749. The van der Waals surface area contributed by atoms with Gasteiger partial charge in [-0.25, -0.2) is 15.0 Å². The third-order valence-electron chi connectivity index (χ3n) is 4.21. The van der Waals surface area contributed by atoms with E-state index in [4.69, 9.17) is 5.73 Å². The van der Waals surface area contributed by atoms with Gasteiger partial charge in [-0.1, -0.05) is 0 Å². The van der Waals surface area contributed by atoms with Crippen LogP contribution in [0.3, 0.4) is 0 Å². The van der Waals surface area contributed by atoms with E-state index in [1.807, 2.05) is 0 Å². The molecule has 0 radical (unpaired) electrons. The van der Waals surface area contributed by atoms with E-state index < -0.39 is 11.9 Å². The Labute approximate surface area is 141 Å². The van der Waals surface area contributed by atoms with Gasteiger partial charge in [-0.05, 0) is 12.8 Å². The molecule has 1 fully saturated rings. The SMILES string of the molecule is Cn1cc(C(F)(F)F)nc1[C@@H]1CCCN(C(=O)c2nccnc2N)C1. The van der Waals surface area contributed by atoms with Gasteiger partial charge in [-0.2, -0.15) is 13.2 Å². The van der Waals surface area contributed by atoms with Crippen molar-refractivity contribution >= 4 is 11.7 Å². The van der Waals surface area contributed by atoms with Gasteiger partial charge >= 0.3 is 6.18 Å². The fourth-order valence-corrected chi connectivity index (χ4v) is 3.03. The van der Waals surface area contributed by atoms with Crippen molar-refractivity contribution in [1.82, 2.24) is 24.4 Å². The molecule has 134 valence electrons. The van der Waals surface area contributed by atoms with Crippen molar-refractivity contribution in [3.05, 3.63) is 35.8 Å². The summed E-state index contributed by atoms with van der Waals surface area (Å²) in [5.41, 5.74) is 4.82. The van der Waals surface area contributed by atoms with Gasteiger partial charge < -0.3 is 15.2 Å². The first kappa shape index (κ1) is 17.2. The molecule has 1 aliphatic rings. The third-order valence-corrected chi connectivity index (χ3v) is 4.21. The Hall–Kier alpha value is -2.65. The topological polar surface area (TPSA) is 89.9 Å². The minimum Gasteiger partial charge on any atom is -0.382 e. The van der Waals surface area contributed by atoms with Gasteiger partial charge in [0.1, 0.15) is 5.82 Å². The molecule has 1 atom stereocenters. The van der Waals surface area contributed by atoms with Gasteiger partial charge in [-0.3, -0.25) is 4.79 Å². The summed E-state index contributed by atoms with van der Waals surface area (Å²) in [5, 5.41) is 0. The van der Waals surface area contributed by atoms with E-state index in [1.54, 1.807) is 0 Å². The van der Waals surface area contributed by atoms with Gasteiger partial charge in [0.25, 0.3) is 5.91 Å². The number of nitrogens with two attached hydrogens (primary N) is 1. The molecule has 1 aliphatic heterocycles. The van der Waals surface area contributed by atoms with Crippen LogP contribution >= 0.6 is 0 Å². The van der Waals surface area contributed by atoms with Crippen LogP contribution in [0.15, 0.2) is 18.6 Å². The highest BCUT2D eigenvalue weighted by atomic mass is 19.4. The molecule has 0 saturated carbocycles. The highest BCUT2D eigenvalue weighted by Crippen LogP contribution is 2.32. The highest BCUT2D eigenvalue weighted by Gasteiger charge is 2.36. The quantitative estimate of drug-likeness (QED) is 0.889. The molecule has 2 aromatic rings. The molecule has 3 rings (SSSR count). The van der Waals surface area contributed by atoms with Crippen molar-refractivity contribution < 1.29 is 18.0 Å². The Balaban J connectivity index is 1.81. The van der Waals surface area contributed by atoms with Crippen molar-refractivity contribution in [2.75, 3.05) is 18.8 Å². The second-order valence-electron chi connectivity index (χ2n) is 5.97. The first-order valence-corrected chi connectivity index (χ1v) is 7.73. The number of nitrogens with zero attached hydrogens (tertiary/aromatic N) is 5. The molecule has 10 heteroatoms. The van der Waals surface area contributed by atoms with Crippen LogP contribution in [0.2, 0.25) is 0 Å². The average molecular weight is 354 g/mol. The smallest absolute Gasteiger partial charge is 0.382 e. The van der Waals surface area contributed by atoms with E-state index in [9.17, 15) is 18.0 Å². The number of anilines is 1. The summed E-state index contributed by atoms with van der Waals surface area (Å²) in [5.74, 6) is -0.305. The van der Waals surface area contributed by atoms with Crippen molar-refractivity contribution in [1.29, 1.82) is 0 Å². The molecule has 1 amide bonds. The fraction of sp³-hybridized carbons (Fsp3) is 0.467. The standard InChI is InChI=1S/C15H17F3N6O/c1-23-8-10(15(16,17)18)22-13(23)9-3-2-6-24(7-9)14(25)11-12(19)21-5-4-20-11/h4-5,8-9H,2-3,6-7H2,1H3,(H2,19,21)/t9-/m1/s1. The Kier molecular flexibility index (Phi) is 4.36. The predicted octanol–water partition coefficient (Wildman–Crippen LogP) is 1.83. The van der Waals surface area contributed by atoms with Gasteiger partial charge in [-0.15, -0.1) is 0 Å². The fourth-order valence-electron chi connectivity index (χ4n) is 3.03.